The van der Waals surface area contributed by atoms with Crippen molar-refractivity contribution in [1.29, 1.82) is 5.26 Å². The van der Waals surface area contributed by atoms with E-state index in [9.17, 15) is 0 Å². The quantitative estimate of drug-likeness (QED) is 0.591. The SMILES string of the molecule is Cc1cc(C#N)c2cccccc1-2. The van der Waals surface area contributed by atoms with E-state index in [4.69, 9.17) is 5.26 Å². The summed E-state index contributed by atoms with van der Waals surface area (Å²) in [5.74, 6) is 0. The fourth-order valence-corrected chi connectivity index (χ4v) is 1.59. The molecule has 2 aliphatic rings. The van der Waals surface area contributed by atoms with Gasteiger partial charge in [0.1, 0.15) is 0 Å². The standard InChI is InChI=1S/C12H9N/c1-9-7-10(8-13)12-6-4-2-3-5-11(9)12/h2-7H,1H3. The minimum absolute atomic E-state index is 0.767. The fourth-order valence-electron chi connectivity index (χ4n) is 1.59. The Morgan fingerprint density at radius 1 is 1.08 bits per heavy atom. The number of nitriles is 1. The van der Waals surface area contributed by atoms with E-state index in [1.165, 1.54) is 11.1 Å². The molecule has 0 saturated heterocycles. The van der Waals surface area contributed by atoms with Crippen LogP contribution in [0, 0.1) is 18.3 Å². The molecule has 62 valence electrons. The maximum absolute atomic E-state index is 8.88. The first-order valence-electron chi connectivity index (χ1n) is 4.21. The Balaban J connectivity index is 2.81. The molecule has 0 radical (unpaired) electrons. The summed E-state index contributed by atoms with van der Waals surface area (Å²) in [5.41, 5.74) is 4.15. The summed E-state index contributed by atoms with van der Waals surface area (Å²) < 4.78 is 0. The first kappa shape index (κ1) is 7.82. The normalized spacial score (nSPS) is 9.85. The minimum Gasteiger partial charge on any atom is -0.192 e. The van der Waals surface area contributed by atoms with E-state index in [1.54, 1.807) is 0 Å². The second-order valence-corrected chi connectivity index (χ2v) is 3.09. The van der Waals surface area contributed by atoms with Crippen LogP contribution in [0.1, 0.15) is 11.1 Å². The highest BCUT2D eigenvalue weighted by atomic mass is 14.3. The summed E-state index contributed by atoms with van der Waals surface area (Å²) in [7, 11) is 0. The maximum Gasteiger partial charge on any atom is 0.0998 e. The van der Waals surface area contributed by atoms with Gasteiger partial charge in [0.15, 0.2) is 0 Å². The molecular weight excluding hydrogens is 158 g/mol. The van der Waals surface area contributed by atoms with Crippen LogP contribution >= 0.6 is 0 Å². The number of hydrogen-bond acceptors (Lipinski definition) is 1. The third kappa shape index (κ3) is 1.17. The van der Waals surface area contributed by atoms with Gasteiger partial charge in [-0.15, -0.1) is 0 Å². The second-order valence-electron chi connectivity index (χ2n) is 3.09. The van der Waals surface area contributed by atoms with E-state index < -0.39 is 0 Å². The molecule has 0 atom stereocenters. The lowest BCUT2D eigenvalue weighted by Gasteiger charge is -1.92. The summed E-state index contributed by atoms with van der Waals surface area (Å²) in [5, 5.41) is 8.88. The largest absolute Gasteiger partial charge is 0.192 e. The summed E-state index contributed by atoms with van der Waals surface area (Å²) in [6, 6.07) is 14.1. The van der Waals surface area contributed by atoms with Gasteiger partial charge in [-0.05, 0) is 29.7 Å². The van der Waals surface area contributed by atoms with Crippen LogP contribution in [0.2, 0.25) is 0 Å². The molecule has 0 fully saturated rings. The molecule has 2 rings (SSSR count). The number of aryl methyl sites for hydroxylation is 1. The number of hydrogen-bond donors (Lipinski definition) is 0. The third-order valence-corrected chi connectivity index (χ3v) is 2.23. The molecular formula is C12H9N. The van der Waals surface area contributed by atoms with Crippen molar-refractivity contribution in [3.63, 3.8) is 0 Å². The number of fused-ring (bicyclic) bond motifs is 1. The van der Waals surface area contributed by atoms with E-state index in [1.807, 2.05) is 43.3 Å². The van der Waals surface area contributed by atoms with Crippen LogP contribution < -0.4 is 0 Å². The molecule has 0 N–H and O–H groups in total. The number of nitrogens with zero attached hydrogens (tertiary/aromatic N) is 1. The molecule has 0 aromatic heterocycles. The van der Waals surface area contributed by atoms with Crippen LogP contribution in [0.5, 0.6) is 0 Å². The van der Waals surface area contributed by atoms with Crippen LogP contribution in [0.15, 0.2) is 36.4 Å². The third-order valence-electron chi connectivity index (χ3n) is 2.23. The Bertz CT molecular complexity index is 451. The molecule has 0 bridgehead atoms. The zero-order valence-electron chi connectivity index (χ0n) is 7.41. The molecule has 0 aromatic carbocycles. The Labute approximate surface area is 77.6 Å². The van der Waals surface area contributed by atoms with Crippen molar-refractivity contribution < 1.29 is 0 Å². The molecule has 0 spiro atoms. The van der Waals surface area contributed by atoms with E-state index >= 15 is 0 Å². The summed E-state index contributed by atoms with van der Waals surface area (Å²) in [6.45, 7) is 2.03. The van der Waals surface area contributed by atoms with Gasteiger partial charge in [0.2, 0.25) is 0 Å². The van der Waals surface area contributed by atoms with Gasteiger partial charge < -0.3 is 0 Å². The van der Waals surface area contributed by atoms with Gasteiger partial charge in [-0.3, -0.25) is 0 Å². The average Bonchev–Trinajstić information content (AvgIpc) is 2.38. The van der Waals surface area contributed by atoms with Gasteiger partial charge in [-0.1, -0.05) is 30.3 Å². The highest BCUT2D eigenvalue weighted by Crippen LogP contribution is 2.30. The average molecular weight is 167 g/mol. The van der Waals surface area contributed by atoms with Gasteiger partial charge >= 0.3 is 0 Å². The molecule has 0 heterocycles. The van der Waals surface area contributed by atoms with Crippen LogP contribution in [-0.2, 0) is 0 Å². The van der Waals surface area contributed by atoms with Crippen molar-refractivity contribution >= 4 is 0 Å². The molecule has 13 heavy (non-hydrogen) atoms. The van der Waals surface area contributed by atoms with Crippen LogP contribution in [-0.4, -0.2) is 0 Å². The van der Waals surface area contributed by atoms with E-state index in [0.717, 1.165) is 11.1 Å². The van der Waals surface area contributed by atoms with Crippen molar-refractivity contribution in [3.05, 3.63) is 47.5 Å². The highest BCUT2D eigenvalue weighted by molar-refractivity contribution is 5.77. The molecule has 0 saturated carbocycles. The Morgan fingerprint density at radius 3 is 2.46 bits per heavy atom. The van der Waals surface area contributed by atoms with Gasteiger partial charge in [0.05, 0.1) is 11.6 Å². The molecule has 1 heteroatoms. The molecule has 0 amide bonds. The van der Waals surface area contributed by atoms with Crippen molar-refractivity contribution in [2.45, 2.75) is 6.92 Å². The Kier molecular flexibility index (Phi) is 1.75. The van der Waals surface area contributed by atoms with Crippen molar-refractivity contribution in [1.82, 2.24) is 0 Å². The minimum atomic E-state index is 0.767. The Morgan fingerprint density at radius 2 is 1.77 bits per heavy atom. The van der Waals surface area contributed by atoms with Crippen LogP contribution in [0.4, 0.5) is 0 Å². The van der Waals surface area contributed by atoms with Gasteiger partial charge in [-0.25, -0.2) is 0 Å². The molecule has 0 unspecified atom stereocenters. The lowest BCUT2D eigenvalue weighted by atomic mass is 10.1. The first-order chi connectivity index (χ1) is 6.33. The topological polar surface area (TPSA) is 23.8 Å². The van der Waals surface area contributed by atoms with E-state index in [0.29, 0.717) is 0 Å². The van der Waals surface area contributed by atoms with Gasteiger partial charge in [-0.2, -0.15) is 5.26 Å². The summed E-state index contributed by atoms with van der Waals surface area (Å²) >= 11 is 0. The molecule has 0 aliphatic heterocycles. The van der Waals surface area contributed by atoms with Gasteiger partial charge in [0, 0.05) is 0 Å². The van der Waals surface area contributed by atoms with Crippen molar-refractivity contribution in [2.24, 2.45) is 0 Å². The Hall–Kier alpha value is -1.81. The van der Waals surface area contributed by atoms with Gasteiger partial charge in [0.25, 0.3) is 0 Å². The van der Waals surface area contributed by atoms with E-state index in [2.05, 4.69) is 6.07 Å². The van der Waals surface area contributed by atoms with E-state index in [-0.39, 0.29) is 0 Å². The maximum atomic E-state index is 8.88. The highest BCUT2D eigenvalue weighted by Gasteiger charge is 2.10. The smallest absolute Gasteiger partial charge is 0.0998 e. The van der Waals surface area contributed by atoms with Crippen molar-refractivity contribution in [3.8, 4) is 17.2 Å². The van der Waals surface area contributed by atoms with Crippen LogP contribution in [0.3, 0.4) is 0 Å². The zero-order chi connectivity index (χ0) is 9.26. The van der Waals surface area contributed by atoms with Crippen molar-refractivity contribution in [2.75, 3.05) is 0 Å². The summed E-state index contributed by atoms with van der Waals surface area (Å²) in [4.78, 5) is 0. The monoisotopic (exact) mass is 167 g/mol. The number of rotatable bonds is 0. The van der Waals surface area contributed by atoms with Crippen LogP contribution in [0.25, 0.3) is 11.1 Å². The molecule has 2 aliphatic carbocycles. The summed E-state index contributed by atoms with van der Waals surface area (Å²) in [6.07, 6.45) is 0. The first-order valence-corrected chi connectivity index (χ1v) is 4.21. The lowest BCUT2D eigenvalue weighted by molar-refractivity contribution is 1.50. The lowest BCUT2D eigenvalue weighted by Crippen LogP contribution is -1.71. The predicted molar refractivity (Wildman–Crippen MR) is 52.5 cm³/mol. The predicted octanol–water partition coefficient (Wildman–Crippen LogP) is 2.97. The molecule has 0 aromatic rings. The molecule has 1 nitrogen and oxygen atoms in total. The second kappa shape index (κ2) is 2.91. The fraction of sp³-hybridized carbons (Fsp3) is 0.0833. The zero-order valence-corrected chi connectivity index (χ0v) is 7.41.